The summed E-state index contributed by atoms with van der Waals surface area (Å²) in [6, 6.07) is 6.22. The van der Waals surface area contributed by atoms with E-state index in [1.165, 1.54) is 31.2 Å². The average molecular weight is 266 g/mol. The van der Waals surface area contributed by atoms with Crippen molar-refractivity contribution in [2.24, 2.45) is 5.92 Å². The van der Waals surface area contributed by atoms with Crippen molar-refractivity contribution in [3.8, 4) is 5.75 Å². The molecule has 1 saturated heterocycles. The molecule has 1 aliphatic heterocycles. The maximum Gasteiger partial charge on any atom is 0.121 e. The monoisotopic (exact) mass is 265 g/mol. The minimum Gasteiger partial charge on any atom is -0.493 e. The van der Waals surface area contributed by atoms with E-state index in [2.05, 4.69) is 17.4 Å². The summed E-state index contributed by atoms with van der Waals surface area (Å²) >= 11 is 6.20. The van der Waals surface area contributed by atoms with Crippen LogP contribution in [0.5, 0.6) is 5.75 Å². The maximum atomic E-state index is 6.20. The number of halogens is 1. The molecule has 1 N–H and O–H groups in total. The van der Waals surface area contributed by atoms with Gasteiger partial charge in [0.05, 0.1) is 6.61 Å². The molecule has 18 heavy (non-hydrogen) atoms. The highest BCUT2D eigenvalue weighted by Crippen LogP contribution is 2.33. The normalized spacial score (nSPS) is 20.9. The van der Waals surface area contributed by atoms with Crippen molar-refractivity contribution in [1.82, 2.24) is 5.32 Å². The van der Waals surface area contributed by atoms with Gasteiger partial charge in [-0.2, -0.15) is 0 Å². The fraction of sp³-hybridized carbons (Fsp3) is 0.600. The number of hydrogen-bond acceptors (Lipinski definition) is 2. The Morgan fingerprint density at radius 3 is 2.61 bits per heavy atom. The van der Waals surface area contributed by atoms with Gasteiger partial charge in [0.25, 0.3) is 0 Å². The molecule has 2 nitrogen and oxygen atoms in total. The zero-order valence-electron chi connectivity index (χ0n) is 10.6. The zero-order valence-corrected chi connectivity index (χ0v) is 11.4. The molecule has 0 radical (unpaired) electrons. The summed E-state index contributed by atoms with van der Waals surface area (Å²) in [5, 5.41) is 4.20. The Hall–Kier alpha value is -0.730. The highest BCUT2D eigenvalue weighted by atomic mass is 35.5. The van der Waals surface area contributed by atoms with E-state index in [0.29, 0.717) is 5.92 Å². The van der Waals surface area contributed by atoms with Crippen LogP contribution in [0.4, 0.5) is 0 Å². The molecule has 3 rings (SSSR count). The quantitative estimate of drug-likeness (QED) is 0.898. The van der Waals surface area contributed by atoms with Crippen molar-refractivity contribution in [3.63, 3.8) is 0 Å². The first kappa shape index (κ1) is 12.3. The van der Waals surface area contributed by atoms with E-state index in [0.717, 1.165) is 36.4 Å². The van der Waals surface area contributed by atoms with E-state index in [-0.39, 0.29) is 0 Å². The van der Waals surface area contributed by atoms with Gasteiger partial charge < -0.3 is 10.1 Å². The van der Waals surface area contributed by atoms with Crippen LogP contribution < -0.4 is 10.1 Å². The fourth-order valence-corrected chi connectivity index (χ4v) is 2.79. The molecule has 1 saturated carbocycles. The van der Waals surface area contributed by atoms with Crippen molar-refractivity contribution in [2.75, 3.05) is 19.7 Å². The molecular formula is C15H20ClNO. The summed E-state index contributed by atoms with van der Waals surface area (Å²) in [7, 11) is 0. The summed E-state index contributed by atoms with van der Waals surface area (Å²) in [5.74, 6) is 2.36. The first-order chi connectivity index (χ1) is 8.81. The Bertz CT molecular complexity index is 411. The van der Waals surface area contributed by atoms with E-state index < -0.39 is 0 Å². The molecule has 1 aromatic rings. The minimum absolute atomic E-state index is 0.633. The van der Waals surface area contributed by atoms with Crippen LogP contribution in [0.15, 0.2) is 18.2 Å². The molecule has 3 heteroatoms. The van der Waals surface area contributed by atoms with Crippen LogP contribution in [0.3, 0.4) is 0 Å². The summed E-state index contributed by atoms with van der Waals surface area (Å²) in [5.41, 5.74) is 1.34. The predicted molar refractivity (Wildman–Crippen MR) is 74.5 cm³/mol. The van der Waals surface area contributed by atoms with Crippen LogP contribution in [0.1, 0.15) is 37.2 Å². The third-order valence-corrected chi connectivity index (χ3v) is 4.11. The van der Waals surface area contributed by atoms with Gasteiger partial charge >= 0.3 is 0 Å². The molecule has 0 atom stereocenters. The van der Waals surface area contributed by atoms with Gasteiger partial charge in [0, 0.05) is 5.02 Å². The second-order valence-electron chi connectivity index (χ2n) is 5.50. The molecular weight excluding hydrogens is 246 g/mol. The van der Waals surface area contributed by atoms with E-state index in [9.17, 15) is 0 Å². The van der Waals surface area contributed by atoms with Crippen LogP contribution in [-0.4, -0.2) is 19.7 Å². The minimum atomic E-state index is 0.633. The number of ether oxygens (including phenoxy) is 1. The summed E-state index contributed by atoms with van der Waals surface area (Å²) in [6.07, 6.45) is 5.04. The second kappa shape index (κ2) is 5.50. The first-order valence-corrected chi connectivity index (χ1v) is 7.33. The van der Waals surface area contributed by atoms with Gasteiger partial charge in [-0.25, -0.2) is 0 Å². The number of benzene rings is 1. The zero-order chi connectivity index (χ0) is 12.4. The first-order valence-electron chi connectivity index (χ1n) is 6.95. The summed E-state index contributed by atoms with van der Waals surface area (Å²) in [6.45, 7) is 3.07. The van der Waals surface area contributed by atoms with Crippen LogP contribution in [0, 0.1) is 5.92 Å². The lowest BCUT2D eigenvalue weighted by Crippen LogP contribution is -2.26. The number of piperidine rings is 1. The van der Waals surface area contributed by atoms with Crippen molar-refractivity contribution in [3.05, 3.63) is 28.8 Å². The molecule has 98 valence electrons. The molecule has 1 heterocycles. The van der Waals surface area contributed by atoms with Gasteiger partial charge in [0.15, 0.2) is 0 Å². The molecule has 1 aliphatic carbocycles. The Labute approximate surface area is 114 Å². The van der Waals surface area contributed by atoms with Crippen LogP contribution in [0.2, 0.25) is 5.02 Å². The molecule has 2 fully saturated rings. The predicted octanol–water partition coefficient (Wildman–Crippen LogP) is 3.60. The topological polar surface area (TPSA) is 21.3 Å². The number of nitrogens with one attached hydrogen (secondary N) is 1. The molecule has 0 aromatic heterocycles. The highest BCUT2D eigenvalue weighted by molar-refractivity contribution is 6.30. The van der Waals surface area contributed by atoms with Gasteiger partial charge in [-0.3, -0.25) is 0 Å². The van der Waals surface area contributed by atoms with Crippen molar-refractivity contribution < 1.29 is 4.74 Å². The largest absolute Gasteiger partial charge is 0.493 e. The molecule has 0 unspecified atom stereocenters. The van der Waals surface area contributed by atoms with E-state index >= 15 is 0 Å². The second-order valence-corrected chi connectivity index (χ2v) is 5.94. The fourth-order valence-electron chi connectivity index (χ4n) is 2.56. The highest BCUT2D eigenvalue weighted by Gasteiger charge is 2.22. The maximum absolute atomic E-state index is 6.20. The van der Waals surface area contributed by atoms with E-state index in [1.807, 2.05) is 6.07 Å². The van der Waals surface area contributed by atoms with E-state index in [4.69, 9.17) is 16.3 Å². The molecule has 0 amide bonds. The Morgan fingerprint density at radius 1 is 1.11 bits per heavy atom. The van der Waals surface area contributed by atoms with Gasteiger partial charge in [0.2, 0.25) is 0 Å². The summed E-state index contributed by atoms with van der Waals surface area (Å²) < 4.78 is 5.84. The Balaban J connectivity index is 1.71. The van der Waals surface area contributed by atoms with Gasteiger partial charge in [-0.15, -0.1) is 0 Å². The van der Waals surface area contributed by atoms with Gasteiger partial charge in [-0.05, 0) is 74.4 Å². The number of hydrogen-bond donors (Lipinski definition) is 1. The molecule has 0 bridgehead atoms. The molecule has 2 aliphatic rings. The van der Waals surface area contributed by atoms with Crippen LogP contribution in [-0.2, 0) is 0 Å². The Kier molecular flexibility index (Phi) is 3.76. The lowest BCUT2D eigenvalue weighted by atomic mass is 9.90. The number of rotatable bonds is 4. The third-order valence-electron chi connectivity index (χ3n) is 3.89. The Morgan fingerprint density at radius 2 is 1.89 bits per heavy atom. The standard InChI is InChI=1S/C15H20ClNO/c16-14-7-13(12-3-5-17-6-4-12)8-15(9-14)18-10-11-1-2-11/h7-9,11-12,17H,1-6,10H2. The molecule has 0 spiro atoms. The third kappa shape index (κ3) is 3.18. The van der Waals surface area contributed by atoms with Gasteiger partial charge in [-0.1, -0.05) is 11.6 Å². The van der Waals surface area contributed by atoms with Crippen molar-refractivity contribution in [2.45, 2.75) is 31.6 Å². The van der Waals surface area contributed by atoms with Crippen LogP contribution >= 0.6 is 11.6 Å². The van der Waals surface area contributed by atoms with Crippen molar-refractivity contribution >= 4 is 11.6 Å². The lowest BCUT2D eigenvalue weighted by Gasteiger charge is -2.23. The SMILES string of the molecule is Clc1cc(OCC2CC2)cc(C2CCNCC2)c1. The average Bonchev–Trinajstić information content (AvgIpc) is 3.21. The summed E-state index contributed by atoms with van der Waals surface area (Å²) in [4.78, 5) is 0. The van der Waals surface area contributed by atoms with Crippen LogP contribution in [0.25, 0.3) is 0 Å². The van der Waals surface area contributed by atoms with Gasteiger partial charge in [0.1, 0.15) is 5.75 Å². The van der Waals surface area contributed by atoms with Crippen molar-refractivity contribution in [1.29, 1.82) is 0 Å². The smallest absolute Gasteiger partial charge is 0.121 e. The lowest BCUT2D eigenvalue weighted by molar-refractivity contribution is 0.299. The molecule has 1 aromatic carbocycles. The van der Waals surface area contributed by atoms with E-state index in [1.54, 1.807) is 0 Å².